The first-order valence-electron chi connectivity index (χ1n) is 9.15. The van der Waals surface area contributed by atoms with E-state index in [9.17, 15) is 0 Å². The number of aromatic nitrogens is 2. The van der Waals surface area contributed by atoms with Gasteiger partial charge in [-0.15, -0.1) is 0 Å². The lowest BCUT2D eigenvalue weighted by Crippen LogP contribution is -1.95. The second-order valence-corrected chi connectivity index (χ2v) is 6.44. The molecule has 3 rings (SSSR count). The highest BCUT2D eigenvalue weighted by atomic mass is 14.9. The molecule has 0 aliphatic heterocycles. The molecule has 0 amide bonds. The van der Waals surface area contributed by atoms with E-state index >= 15 is 0 Å². The van der Waals surface area contributed by atoms with Gasteiger partial charge in [-0.05, 0) is 36.8 Å². The fourth-order valence-electron chi connectivity index (χ4n) is 3.03. The van der Waals surface area contributed by atoms with Crippen molar-refractivity contribution in [1.29, 1.82) is 0 Å². The van der Waals surface area contributed by atoms with E-state index in [4.69, 9.17) is 0 Å². The standard InChI is InChI=1S/C22H26N2/c1-2-3-4-6-9-18-12-14-19(15-13-18)21-16-23-22(24-17-21)20-10-7-5-8-11-20/h7,10-17H,2-6,8-9H2,1H3. The predicted octanol–water partition coefficient (Wildman–Crippen LogP) is 6.00. The average molecular weight is 318 g/mol. The lowest BCUT2D eigenvalue weighted by Gasteiger charge is -2.07. The number of hydrogen-bond acceptors (Lipinski definition) is 2. The van der Waals surface area contributed by atoms with Crippen LogP contribution >= 0.6 is 0 Å². The van der Waals surface area contributed by atoms with Crippen molar-refractivity contribution in [3.63, 3.8) is 0 Å². The summed E-state index contributed by atoms with van der Waals surface area (Å²) in [6, 6.07) is 8.85. The van der Waals surface area contributed by atoms with E-state index in [1.54, 1.807) is 0 Å². The summed E-state index contributed by atoms with van der Waals surface area (Å²) in [7, 11) is 0. The van der Waals surface area contributed by atoms with Crippen molar-refractivity contribution in [2.45, 2.75) is 51.9 Å². The van der Waals surface area contributed by atoms with E-state index in [0.717, 1.165) is 29.8 Å². The molecule has 0 radical (unpaired) electrons. The zero-order chi connectivity index (χ0) is 16.6. The molecule has 24 heavy (non-hydrogen) atoms. The first-order valence-corrected chi connectivity index (χ1v) is 9.15. The summed E-state index contributed by atoms with van der Waals surface area (Å²) in [5, 5.41) is 0. The summed E-state index contributed by atoms with van der Waals surface area (Å²) in [5.41, 5.74) is 4.82. The highest BCUT2D eigenvalue weighted by Crippen LogP contribution is 2.22. The number of unbranched alkanes of at least 4 members (excludes halogenated alkanes) is 3. The first-order chi connectivity index (χ1) is 11.9. The van der Waals surface area contributed by atoms with Crippen molar-refractivity contribution in [1.82, 2.24) is 9.97 Å². The van der Waals surface area contributed by atoms with E-state index in [-0.39, 0.29) is 0 Å². The molecule has 1 heterocycles. The van der Waals surface area contributed by atoms with Crippen molar-refractivity contribution in [3.05, 3.63) is 66.3 Å². The third-order valence-electron chi connectivity index (χ3n) is 4.51. The van der Waals surface area contributed by atoms with Crippen LogP contribution in [0.25, 0.3) is 16.7 Å². The lowest BCUT2D eigenvalue weighted by atomic mass is 10.0. The zero-order valence-corrected chi connectivity index (χ0v) is 14.5. The van der Waals surface area contributed by atoms with Crippen molar-refractivity contribution >= 4 is 5.57 Å². The van der Waals surface area contributed by atoms with Gasteiger partial charge in [-0.1, -0.05) is 68.7 Å². The maximum atomic E-state index is 4.54. The van der Waals surface area contributed by atoms with E-state index in [1.807, 2.05) is 12.4 Å². The van der Waals surface area contributed by atoms with Crippen molar-refractivity contribution in [2.24, 2.45) is 0 Å². The minimum absolute atomic E-state index is 0.822. The van der Waals surface area contributed by atoms with Gasteiger partial charge in [-0.3, -0.25) is 0 Å². The number of rotatable bonds is 7. The Hall–Kier alpha value is -2.22. The van der Waals surface area contributed by atoms with Crippen LogP contribution in [0, 0.1) is 0 Å². The van der Waals surface area contributed by atoms with Gasteiger partial charge in [-0.25, -0.2) is 9.97 Å². The molecule has 0 atom stereocenters. The molecule has 0 fully saturated rings. The number of hydrogen-bond donors (Lipinski definition) is 0. The Morgan fingerprint density at radius 1 is 0.875 bits per heavy atom. The molecular weight excluding hydrogens is 292 g/mol. The molecule has 0 N–H and O–H groups in total. The van der Waals surface area contributed by atoms with Crippen LogP contribution in [0.3, 0.4) is 0 Å². The van der Waals surface area contributed by atoms with Crippen molar-refractivity contribution in [2.75, 3.05) is 0 Å². The summed E-state index contributed by atoms with van der Waals surface area (Å²) >= 11 is 0. The van der Waals surface area contributed by atoms with Crippen LogP contribution in [0.1, 0.15) is 56.8 Å². The molecule has 124 valence electrons. The van der Waals surface area contributed by atoms with Crippen LogP contribution < -0.4 is 0 Å². The second kappa shape index (κ2) is 8.58. The molecule has 2 heteroatoms. The topological polar surface area (TPSA) is 25.8 Å². The van der Waals surface area contributed by atoms with Crippen molar-refractivity contribution in [3.8, 4) is 11.1 Å². The summed E-state index contributed by atoms with van der Waals surface area (Å²) in [5.74, 6) is 0.822. The van der Waals surface area contributed by atoms with E-state index in [1.165, 1.54) is 43.2 Å². The van der Waals surface area contributed by atoms with Gasteiger partial charge in [0.25, 0.3) is 0 Å². The zero-order valence-electron chi connectivity index (χ0n) is 14.5. The van der Waals surface area contributed by atoms with Gasteiger partial charge in [0.05, 0.1) is 0 Å². The van der Waals surface area contributed by atoms with Crippen LogP contribution in [-0.4, -0.2) is 9.97 Å². The Morgan fingerprint density at radius 3 is 2.33 bits per heavy atom. The highest BCUT2D eigenvalue weighted by molar-refractivity contribution is 5.71. The monoisotopic (exact) mass is 318 g/mol. The number of nitrogens with zero attached hydrogens (tertiary/aromatic N) is 2. The summed E-state index contributed by atoms with van der Waals surface area (Å²) in [4.78, 5) is 9.08. The summed E-state index contributed by atoms with van der Waals surface area (Å²) in [6.45, 7) is 2.25. The maximum Gasteiger partial charge on any atom is 0.158 e. The van der Waals surface area contributed by atoms with Crippen molar-refractivity contribution < 1.29 is 0 Å². The molecular formula is C22H26N2. The Kier molecular flexibility index (Phi) is 5.95. The highest BCUT2D eigenvalue weighted by Gasteiger charge is 2.05. The summed E-state index contributed by atoms with van der Waals surface area (Å²) < 4.78 is 0. The minimum Gasteiger partial charge on any atom is -0.236 e. The number of benzene rings is 1. The van der Waals surface area contributed by atoms with Crippen LogP contribution in [0.2, 0.25) is 0 Å². The first kappa shape index (κ1) is 16.6. The Balaban J connectivity index is 1.64. The molecule has 1 aliphatic carbocycles. The van der Waals surface area contributed by atoms with Gasteiger partial charge in [0.15, 0.2) is 5.82 Å². The molecule has 2 nitrogen and oxygen atoms in total. The number of allylic oxidation sites excluding steroid dienone is 4. The summed E-state index contributed by atoms with van der Waals surface area (Å²) in [6.07, 6.45) is 19.0. The molecule has 0 spiro atoms. The Labute approximate surface area is 145 Å². The smallest absolute Gasteiger partial charge is 0.158 e. The largest absolute Gasteiger partial charge is 0.236 e. The second-order valence-electron chi connectivity index (χ2n) is 6.44. The lowest BCUT2D eigenvalue weighted by molar-refractivity contribution is 0.667. The average Bonchev–Trinajstić information content (AvgIpc) is 2.67. The Bertz CT molecular complexity index is 694. The fraction of sp³-hybridized carbons (Fsp3) is 0.364. The van der Waals surface area contributed by atoms with Gasteiger partial charge in [-0.2, -0.15) is 0 Å². The van der Waals surface area contributed by atoms with Gasteiger partial charge in [0.1, 0.15) is 0 Å². The third-order valence-corrected chi connectivity index (χ3v) is 4.51. The Morgan fingerprint density at radius 2 is 1.67 bits per heavy atom. The molecule has 1 aromatic carbocycles. The molecule has 0 bridgehead atoms. The van der Waals surface area contributed by atoms with Gasteiger partial charge >= 0.3 is 0 Å². The minimum atomic E-state index is 0.822. The fourth-order valence-corrected chi connectivity index (χ4v) is 3.03. The van der Waals surface area contributed by atoms with Crippen LogP contribution in [0.4, 0.5) is 0 Å². The SMILES string of the molecule is CCCCCCc1ccc(-c2cnc(C3=CCCC=C3)nc2)cc1. The van der Waals surface area contributed by atoms with E-state index in [0.29, 0.717) is 0 Å². The molecule has 0 unspecified atom stereocenters. The third kappa shape index (κ3) is 4.41. The maximum absolute atomic E-state index is 4.54. The number of aryl methyl sites for hydroxylation is 1. The molecule has 1 aliphatic rings. The van der Waals surface area contributed by atoms with E-state index in [2.05, 4.69) is 59.4 Å². The predicted molar refractivity (Wildman–Crippen MR) is 102 cm³/mol. The van der Waals surface area contributed by atoms with Gasteiger partial charge in [0.2, 0.25) is 0 Å². The van der Waals surface area contributed by atoms with Crippen LogP contribution in [0.15, 0.2) is 54.9 Å². The molecule has 0 saturated carbocycles. The molecule has 1 aromatic heterocycles. The molecule has 0 saturated heterocycles. The van der Waals surface area contributed by atoms with Crippen LogP contribution in [0.5, 0.6) is 0 Å². The van der Waals surface area contributed by atoms with Crippen LogP contribution in [-0.2, 0) is 6.42 Å². The van der Waals surface area contributed by atoms with E-state index < -0.39 is 0 Å². The van der Waals surface area contributed by atoms with Gasteiger partial charge in [0, 0.05) is 23.5 Å². The van der Waals surface area contributed by atoms with Gasteiger partial charge < -0.3 is 0 Å². The quantitative estimate of drug-likeness (QED) is 0.585. The normalized spacial score (nSPS) is 13.8. The molecule has 2 aromatic rings.